The number of halogens is 3. The summed E-state index contributed by atoms with van der Waals surface area (Å²) < 4.78 is 43.6. The molecule has 0 bridgehead atoms. The van der Waals surface area contributed by atoms with E-state index in [1.165, 1.54) is 18.5 Å². The number of nitrogens with one attached hydrogen (secondary N) is 2. The molecule has 2 aromatic heterocycles. The molecule has 3 rings (SSSR count). The minimum absolute atomic E-state index is 0.187. The van der Waals surface area contributed by atoms with E-state index in [2.05, 4.69) is 20.6 Å². The van der Waals surface area contributed by atoms with Crippen LogP contribution in [0, 0.1) is 0 Å². The first-order valence-corrected chi connectivity index (χ1v) is 7.24. The number of benzene rings is 1. The monoisotopic (exact) mass is 349 g/mol. The lowest BCUT2D eigenvalue weighted by atomic mass is 10.2. The Bertz CT molecular complexity index is 849. The third-order valence-corrected chi connectivity index (χ3v) is 3.35. The fourth-order valence-corrected chi connectivity index (χ4v) is 2.13. The zero-order valence-electron chi connectivity index (χ0n) is 12.8. The van der Waals surface area contributed by atoms with Gasteiger partial charge in [0.25, 0.3) is 0 Å². The number of nitrogen functional groups attached to an aromatic ring is 1. The first-order valence-electron chi connectivity index (χ1n) is 7.24. The number of hydrogen-bond acceptors (Lipinski definition) is 6. The molecule has 0 spiro atoms. The van der Waals surface area contributed by atoms with Crippen molar-refractivity contribution in [3.63, 3.8) is 0 Å². The van der Waals surface area contributed by atoms with Gasteiger partial charge < -0.3 is 20.8 Å². The average Bonchev–Trinajstić information content (AvgIpc) is 3.09. The van der Waals surface area contributed by atoms with E-state index < -0.39 is 11.7 Å². The molecule has 0 saturated heterocycles. The molecule has 25 heavy (non-hydrogen) atoms. The van der Waals surface area contributed by atoms with Crippen LogP contribution in [-0.4, -0.2) is 9.97 Å². The lowest BCUT2D eigenvalue weighted by molar-refractivity contribution is -0.137. The maximum Gasteiger partial charge on any atom is 0.416 e. The molecule has 0 aliphatic heterocycles. The van der Waals surface area contributed by atoms with Gasteiger partial charge in [-0.2, -0.15) is 13.2 Å². The minimum atomic E-state index is -4.43. The number of alkyl halides is 3. The van der Waals surface area contributed by atoms with Crippen molar-refractivity contribution in [2.45, 2.75) is 12.7 Å². The van der Waals surface area contributed by atoms with Crippen LogP contribution in [0.15, 0.2) is 53.4 Å². The Labute approximate surface area is 140 Å². The standard InChI is InChI=1S/C16H14F3N5O/c17-16(18,19)10-3-1-4-11(7-10)24-15-13(20)14(22-9-23-15)21-8-12-5-2-6-25-12/h1-7,9H,8,20H2,(H2,21,22,23,24). The molecule has 0 radical (unpaired) electrons. The summed E-state index contributed by atoms with van der Waals surface area (Å²) >= 11 is 0. The van der Waals surface area contributed by atoms with Gasteiger partial charge in [0.05, 0.1) is 18.4 Å². The Hall–Kier alpha value is -3.23. The fraction of sp³-hybridized carbons (Fsp3) is 0.125. The molecule has 0 amide bonds. The highest BCUT2D eigenvalue weighted by Crippen LogP contribution is 2.32. The van der Waals surface area contributed by atoms with E-state index in [0.717, 1.165) is 12.1 Å². The van der Waals surface area contributed by atoms with E-state index in [4.69, 9.17) is 10.2 Å². The van der Waals surface area contributed by atoms with Crippen LogP contribution >= 0.6 is 0 Å². The SMILES string of the molecule is Nc1c(NCc2ccco2)ncnc1Nc1cccc(C(F)(F)F)c1. The lowest BCUT2D eigenvalue weighted by Crippen LogP contribution is -2.08. The summed E-state index contributed by atoms with van der Waals surface area (Å²) in [6, 6.07) is 8.31. The Morgan fingerprint density at radius 3 is 2.60 bits per heavy atom. The Kier molecular flexibility index (Phi) is 4.46. The zero-order chi connectivity index (χ0) is 17.9. The van der Waals surface area contributed by atoms with Crippen LogP contribution in [0.1, 0.15) is 11.3 Å². The molecule has 4 N–H and O–H groups in total. The summed E-state index contributed by atoms with van der Waals surface area (Å²) in [5.74, 6) is 1.24. The first kappa shape index (κ1) is 16.6. The van der Waals surface area contributed by atoms with Gasteiger partial charge in [0.1, 0.15) is 17.8 Å². The van der Waals surface area contributed by atoms with Gasteiger partial charge in [-0.25, -0.2) is 9.97 Å². The highest BCUT2D eigenvalue weighted by Gasteiger charge is 2.30. The largest absolute Gasteiger partial charge is 0.467 e. The molecule has 0 saturated carbocycles. The maximum absolute atomic E-state index is 12.8. The van der Waals surface area contributed by atoms with Gasteiger partial charge in [-0.1, -0.05) is 6.07 Å². The zero-order valence-corrected chi connectivity index (χ0v) is 12.8. The van der Waals surface area contributed by atoms with Crippen molar-refractivity contribution in [3.05, 3.63) is 60.3 Å². The number of aromatic nitrogens is 2. The Morgan fingerprint density at radius 2 is 1.88 bits per heavy atom. The molecule has 0 aliphatic rings. The van der Waals surface area contributed by atoms with Crippen LogP contribution in [0.25, 0.3) is 0 Å². The van der Waals surface area contributed by atoms with Crippen molar-refractivity contribution in [3.8, 4) is 0 Å². The van der Waals surface area contributed by atoms with E-state index in [-0.39, 0.29) is 17.2 Å². The van der Waals surface area contributed by atoms with Crippen LogP contribution in [0.3, 0.4) is 0 Å². The summed E-state index contributed by atoms with van der Waals surface area (Å²) in [6.45, 7) is 0.358. The van der Waals surface area contributed by atoms with Gasteiger partial charge in [-0.15, -0.1) is 0 Å². The number of nitrogens with two attached hydrogens (primary N) is 1. The smallest absolute Gasteiger partial charge is 0.416 e. The second-order valence-electron chi connectivity index (χ2n) is 5.12. The van der Waals surface area contributed by atoms with Crippen molar-refractivity contribution >= 4 is 23.0 Å². The molecule has 9 heteroatoms. The lowest BCUT2D eigenvalue weighted by Gasteiger charge is -2.13. The third-order valence-electron chi connectivity index (χ3n) is 3.35. The summed E-state index contributed by atoms with van der Waals surface area (Å²) in [5, 5.41) is 5.77. The molecule has 130 valence electrons. The summed E-state index contributed by atoms with van der Waals surface area (Å²) in [6.07, 6.45) is -1.62. The van der Waals surface area contributed by atoms with Crippen LogP contribution in [0.4, 0.5) is 36.2 Å². The van der Waals surface area contributed by atoms with Gasteiger partial charge >= 0.3 is 6.18 Å². The van der Waals surface area contributed by atoms with Gasteiger partial charge in [-0.3, -0.25) is 0 Å². The maximum atomic E-state index is 12.8. The minimum Gasteiger partial charge on any atom is -0.467 e. The molecule has 0 unspecified atom stereocenters. The highest BCUT2D eigenvalue weighted by molar-refractivity contribution is 5.77. The fourth-order valence-electron chi connectivity index (χ4n) is 2.13. The van der Waals surface area contributed by atoms with E-state index in [1.54, 1.807) is 18.4 Å². The number of anilines is 4. The van der Waals surface area contributed by atoms with E-state index in [1.807, 2.05) is 0 Å². The first-order chi connectivity index (χ1) is 11.9. The van der Waals surface area contributed by atoms with Crippen molar-refractivity contribution < 1.29 is 17.6 Å². The van der Waals surface area contributed by atoms with E-state index in [9.17, 15) is 13.2 Å². The quantitative estimate of drug-likeness (QED) is 0.644. The van der Waals surface area contributed by atoms with Gasteiger partial charge in [0.2, 0.25) is 0 Å². The van der Waals surface area contributed by atoms with Crippen molar-refractivity contribution in [2.24, 2.45) is 0 Å². The van der Waals surface area contributed by atoms with E-state index in [0.29, 0.717) is 18.1 Å². The molecule has 1 aromatic carbocycles. The second-order valence-corrected chi connectivity index (χ2v) is 5.12. The molecule has 0 atom stereocenters. The number of furan rings is 1. The van der Waals surface area contributed by atoms with Crippen molar-refractivity contribution in [1.82, 2.24) is 9.97 Å². The van der Waals surface area contributed by atoms with Crippen LogP contribution in [0.2, 0.25) is 0 Å². The van der Waals surface area contributed by atoms with E-state index >= 15 is 0 Å². The third kappa shape index (κ3) is 4.00. The molecular formula is C16H14F3N5O. The van der Waals surface area contributed by atoms with Gasteiger partial charge in [0, 0.05) is 5.69 Å². The summed E-state index contributed by atoms with van der Waals surface area (Å²) in [7, 11) is 0. The van der Waals surface area contributed by atoms with Crippen LogP contribution in [-0.2, 0) is 12.7 Å². The molecule has 3 aromatic rings. The summed E-state index contributed by atoms with van der Waals surface area (Å²) in [5.41, 5.74) is 5.64. The van der Waals surface area contributed by atoms with Crippen molar-refractivity contribution in [2.75, 3.05) is 16.4 Å². The van der Waals surface area contributed by atoms with Crippen LogP contribution in [0.5, 0.6) is 0 Å². The number of hydrogen-bond donors (Lipinski definition) is 3. The predicted octanol–water partition coefficient (Wildman–Crippen LogP) is 4.03. The normalized spacial score (nSPS) is 11.3. The Morgan fingerprint density at radius 1 is 1.08 bits per heavy atom. The average molecular weight is 349 g/mol. The molecule has 2 heterocycles. The van der Waals surface area contributed by atoms with Crippen LogP contribution < -0.4 is 16.4 Å². The summed E-state index contributed by atoms with van der Waals surface area (Å²) in [4.78, 5) is 8.01. The van der Waals surface area contributed by atoms with Gasteiger partial charge in [-0.05, 0) is 30.3 Å². The molecule has 0 aliphatic carbocycles. The molecule has 0 fully saturated rings. The topological polar surface area (TPSA) is 89.0 Å². The Balaban J connectivity index is 1.78. The predicted molar refractivity (Wildman–Crippen MR) is 87.2 cm³/mol. The molecule has 6 nitrogen and oxygen atoms in total. The number of nitrogens with zero attached hydrogens (tertiary/aromatic N) is 2. The molecular weight excluding hydrogens is 335 g/mol. The van der Waals surface area contributed by atoms with Gasteiger partial charge in [0.15, 0.2) is 11.6 Å². The highest BCUT2D eigenvalue weighted by atomic mass is 19.4. The second kappa shape index (κ2) is 6.71. The number of rotatable bonds is 5. The van der Waals surface area contributed by atoms with Crippen molar-refractivity contribution in [1.29, 1.82) is 0 Å².